The van der Waals surface area contributed by atoms with Gasteiger partial charge in [-0.05, 0) is 12.1 Å². The molecule has 20 heavy (non-hydrogen) atoms. The van der Waals surface area contributed by atoms with Crippen LogP contribution in [0.3, 0.4) is 0 Å². The first-order valence-electron chi connectivity index (χ1n) is 6.21. The van der Waals surface area contributed by atoms with Crippen LogP contribution in [0.5, 0.6) is 0 Å². The van der Waals surface area contributed by atoms with Crippen molar-refractivity contribution in [2.75, 3.05) is 26.2 Å². The minimum atomic E-state index is -2.53. The van der Waals surface area contributed by atoms with Gasteiger partial charge in [-0.3, -0.25) is 14.7 Å². The van der Waals surface area contributed by atoms with Crippen LogP contribution in [-0.2, 0) is 0 Å². The van der Waals surface area contributed by atoms with Crippen molar-refractivity contribution in [3.8, 4) is 0 Å². The lowest BCUT2D eigenvalue weighted by molar-refractivity contribution is 0.0646. The normalized spacial score (nSPS) is 12.9. The fraction of sp³-hybridized carbons (Fsp3) is 0.538. The van der Waals surface area contributed by atoms with Gasteiger partial charge in [-0.2, -0.15) is 0 Å². The summed E-state index contributed by atoms with van der Waals surface area (Å²) in [6.45, 7) is 0.974. The van der Waals surface area contributed by atoms with Crippen molar-refractivity contribution in [3.63, 3.8) is 0 Å². The highest BCUT2D eigenvalue weighted by molar-refractivity contribution is 5.95. The van der Waals surface area contributed by atoms with E-state index in [1.807, 2.05) is 0 Å². The van der Waals surface area contributed by atoms with Crippen LogP contribution < -0.4 is 0 Å². The maximum atomic E-state index is 12.7. The van der Waals surface area contributed by atoms with Gasteiger partial charge < -0.3 is 5.11 Å². The number of nitrogens with zero attached hydrogens (tertiary/aromatic N) is 2. The maximum Gasteiger partial charge on any atom is 0.251 e. The van der Waals surface area contributed by atoms with Crippen LogP contribution in [0, 0.1) is 11.7 Å². The minimum Gasteiger partial charge on any atom is -0.395 e. The van der Waals surface area contributed by atoms with Crippen molar-refractivity contribution < 1.29 is 23.1 Å². The topological polar surface area (TPSA) is 53.4 Å². The number of pyridine rings is 1. The van der Waals surface area contributed by atoms with Crippen molar-refractivity contribution in [2.24, 2.45) is 5.92 Å². The fourth-order valence-corrected chi connectivity index (χ4v) is 1.84. The number of aliphatic hydroxyl groups excluding tert-OH is 1. The molecule has 1 heterocycles. The van der Waals surface area contributed by atoms with E-state index in [1.54, 1.807) is 6.92 Å². The molecule has 0 spiro atoms. The van der Waals surface area contributed by atoms with Crippen molar-refractivity contribution in [3.05, 3.63) is 29.8 Å². The number of carbonyl (C=O) groups is 1. The summed E-state index contributed by atoms with van der Waals surface area (Å²) in [5.74, 6) is -1.46. The zero-order valence-corrected chi connectivity index (χ0v) is 11.1. The van der Waals surface area contributed by atoms with Gasteiger partial charge in [0.05, 0.1) is 19.3 Å². The summed E-state index contributed by atoms with van der Waals surface area (Å²) in [5, 5.41) is 8.82. The van der Waals surface area contributed by atoms with Crippen LogP contribution in [0.2, 0.25) is 0 Å². The highest BCUT2D eigenvalue weighted by atomic mass is 19.3. The monoisotopic (exact) mass is 290 g/mol. The quantitative estimate of drug-likeness (QED) is 0.739. The number of ketones is 1. The number of aliphatic hydroxyl groups is 1. The van der Waals surface area contributed by atoms with Gasteiger partial charge in [-0.1, -0.05) is 6.92 Å². The Morgan fingerprint density at radius 1 is 1.40 bits per heavy atom. The Bertz CT molecular complexity index is 426. The van der Waals surface area contributed by atoms with Crippen LogP contribution >= 0.6 is 0 Å². The smallest absolute Gasteiger partial charge is 0.251 e. The highest BCUT2D eigenvalue weighted by Gasteiger charge is 2.21. The minimum absolute atomic E-state index is 0.0683. The Morgan fingerprint density at radius 2 is 2.10 bits per heavy atom. The molecule has 0 saturated heterocycles. The van der Waals surface area contributed by atoms with E-state index in [2.05, 4.69) is 4.98 Å². The van der Waals surface area contributed by atoms with E-state index < -0.39 is 24.7 Å². The summed E-state index contributed by atoms with van der Waals surface area (Å²) in [7, 11) is 0. The van der Waals surface area contributed by atoms with E-state index in [9.17, 15) is 18.0 Å². The van der Waals surface area contributed by atoms with Crippen molar-refractivity contribution in [1.29, 1.82) is 0 Å². The molecule has 4 nitrogen and oxygen atoms in total. The molecule has 1 rings (SSSR count). The molecule has 0 saturated carbocycles. The summed E-state index contributed by atoms with van der Waals surface area (Å²) in [4.78, 5) is 17.0. The third-order valence-electron chi connectivity index (χ3n) is 2.77. The number of hydrogen-bond acceptors (Lipinski definition) is 4. The Labute approximate surface area is 115 Å². The zero-order chi connectivity index (χ0) is 15.1. The van der Waals surface area contributed by atoms with E-state index >= 15 is 0 Å². The summed E-state index contributed by atoms with van der Waals surface area (Å²) in [6.07, 6.45) is -1.60. The van der Waals surface area contributed by atoms with E-state index in [1.165, 1.54) is 11.0 Å². The Morgan fingerprint density at radius 3 is 2.60 bits per heavy atom. The first-order chi connectivity index (χ1) is 9.43. The first-order valence-corrected chi connectivity index (χ1v) is 6.21. The molecule has 0 aromatic carbocycles. The summed E-state index contributed by atoms with van der Waals surface area (Å²) in [6, 6.07) is 2.38. The third kappa shape index (κ3) is 5.26. The summed E-state index contributed by atoms with van der Waals surface area (Å²) < 4.78 is 37.4. The molecule has 0 bridgehead atoms. The van der Waals surface area contributed by atoms with E-state index in [-0.39, 0.29) is 31.2 Å². The number of halogens is 3. The van der Waals surface area contributed by atoms with Crippen LogP contribution in [-0.4, -0.2) is 53.4 Å². The Balaban J connectivity index is 2.65. The second-order valence-corrected chi connectivity index (χ2v) is 4.50. The SMILES string of the molecule is CC(CN(CCO)CC(F)F)C(=O)c1ccc(F)cn1. The molecule has 1 N–H and O–H groups in total. The van der Waals surface area contributed by atoms with Crippen LogP contribution in [0.1, 0.15) is 17.4 Å². The van der Waals surface area contributed by atoms with Crippen molar-refractivity contribution in [2.45, 2.75) is 13.3 Å². The molecule has 0 radical (unpaired) electrons. The van der Waals surface area contributed by atoms with E-state index in [0.29, 0.717) is 0 Å². The lowest BCUT2D eigenvalue weighted by Crippen LogP contribution is -2.37. The first kappa shape index (κ1) is 16.6. The van der Waals surface area contributed by atoms with Gasteiger partial charge in [0.15, 0.2) is 5.78 Å². The van der Waals surface area contributed by atoms with Crippen molar-refractivity contribution >= 4 is 5.78 Å². The molecule has 0 fully saturated rings. The fourth-order valence-electron chi connectivity index (χ4n) is 1.84. The van der Waals surface area contributed by atoms with Gasteiger partial charge in [-0.15, -0.1) is 0 Å². The molecule has 0 aliphatic heterocycles. The number of aromatic nitrogens is 1. The van der Waals surface area contributed by atoms with Gasteiger partial charge in [0.25, 0.3) is 6.43 Å². The van der Waals surface area contributed by atoms with E-state index in [0.717, 1.165) is 12.3 Å². The maximum absolute atomic E-state index is 12.7. The standard InChI is InChI=1S/C13H17F3N2O2/c1-9(7-18(4-5-19)8-12(15)16)13(20)11-3-2-10(14)6-17-11/h2-3,6,9,12,19H,4-5,7-8H2,1H3. The molecule has 7 heteroatoms. The van der Waals surface area contributed by atoms with Gasteiger partial charge in [0.2, 0.25) is 0 Å². The predicted molar refractivity (Wildman–Crippen MR) is 67.2 cm³/mol. The number of alkyl halides is 2. The molecule has 1 atom stereocenters. The largest absolute Gasteiger partial charge is 0.395 e. The number of Topliss-reactive ketones (excluding diaryl/α,β-unsaturated/α-hetero) is 1. The number of hydrogen-bond donors (Lipinski definition) is 1. The van der Waals surface area contributed by atoms with Crippen LogP contribution in [0.15, 0.2) is 18.3 Å². The second kappa shape index (κ2) is 7.96. The number of rotatable bonds is 8. The van der Waals surface area contributed by atoms with Gasteiger partial charge in [0, 0.05) is 19.0 Å². The lowest BCUT2D eigenvalue weighted by atomic mass is 10.0. The zero-order valence-electron chi connectivity index (χ0n) is 11.1. The summed E-state index contributed by atoms with van der Waals surface area (Å²) >= 11 is 0. The van der Waals surface area contributed by atoms with Crippen LogP contribution in [0.25, 0.3) is 0 Å². The van der Waals surface area contributed by atoms with Crippen molar-refractivity contribution in [1.82, 2.24) is 9.88 Å². The van der Waals surface area contributed by atoms with Gasteiger partial charge in [-0.25, -0.2) is 13.2 Å². The van der Waals surface area contributed by atoms with Gasteiger partial charge >= 0.3 is 0 Å². The molecule has 0 amide bonds. The predicted octanol–water partition coefficient (Wildman–Crippen LogP) is 1.60. The molecule has 1 aromatic rings. The van der Waals surface area contributed by atoms with E-state index in [4.69, 9.17) is 5.11 Å². The second-order valence-electron chi connectivity index (χ2n) is 4.50. The molecule has 112 valence electrons. The number of carbonyl (C=O) groups excluding carboxylic acids is 1. The molecule has 0 aliphatic rings. The Kier molecular flexibility index (Phi) is 6.60. The molecule has 1 aromatic heterocycles. The van der Waals surface area contributed by atoms with Crippen LogP contribution in [0.4, 0.5) is 13.2 Å². The molecule has 0 aliphatic carbocycles. The average Bonchev–Trinajstić information content (AvgIpc) is 2.38. The molecular weight excluding hydrogens is 273 g/mol. The summed E-state index contributed by atoms with van der Waals surface area (Å²) in [5.41, 5.74) is 0.0971. The molecular formula is C13H17F3N2O2. The Hall–Kier alpha value is -1.47. The van der Waals surface area contributed by atoms with Gasteiger partial charge in [0.1, 0.15) is 11.5 Å². The molecule has 1 unspecified atom stereocenters. The lowest BCUT2D eigenvalue weighted by Gasteiger charge is -2.23. The third-order valence-corrected chi connectivity index (χ3v) is 2.77. The highest BCUT2D eigenvalue weighted by Crippen LogP contribution is 2.10. The average molecular weight is 290 g/mol.